The minimum atomic E-state index is -0.260. The third-order valence-corrected chi connectivity index (χ3v) is 4.42. The Morgan fingerprint density at radius 3 is 2.71 bits per heavy atom. The highest BCUT2D eigenvalue weighted by Crippen LogP contribution is 2.29. The predicted molar refractivity (Wildman–Crippen MR) is 95.4 cm³/mol. The van der Waals surface area contributed by atoms with E-state index in [9.17, 15) is 4.79 Å². The van der Waals surface area contributed by atoms with Crippen LogP contribution in [0.5, 0.6) is 0 Å². The van der Waals surface area contributed by atoms with Gasteiger partial charge in [0.05, 0.1) is 5.56 Å². The minimum Gasteiger partial charge on any atom is -0.403 e. The molecule has 0 spiro atoms. The van der Waals surface area contributed by atoms with Gasteiger partial charge in [-0.15, -0.1) is 16.9 Å². The van der Waals surface area contributed by atoms with Crippen LogP contribution in [0.3, 0.4) is 0 Å². The fourth-order valence-corrected chi connectivity index (χ4v) is 2.94. The molecule has 0 radical (unpaired) electrons. The number of hydrogen-bond donors (Lipinski definition) is 1. The lowest BCUT2D eigenvalue weighted by molar-refractivity contribution is 0.102. The lowest BCUT2D eigenvalue weighted by Crippen LogP contribution is -2.13. The van der Waals surface area contributed by atoms with Crippen molar-refractivity contribution in [3.05, 3.63) is 59.2 Å². The van der Waals surface area contributed by atoms with Gasteiger partial charge in [-0.1, -0.05) is 34.9 Å². The van der Waals surface area contributed by atoms with Crippen molar-refractivity contribution in [3.8, 4) is 11.5 Å². The monoisotopic (exact) mass is 339 g/mol. The average molecular weight is 339 g/mol. The zero-order chi connectivity index (χ0) is 17.1. The van der Waals surface area contributed by atoms with Gasteiger partial charge in [-0.3, -0.25) is 10.1 Å². The van der Waals surface area contributed by atoms with Crippen LogP contribution >= 0.6 is 11.8 Å². The third-order valence-electron chi connectivity index (χ3n) is 3.62. The van der Waals surface area contributed by atoms with Gasteiger partial charge in [0.2, 0.25) is 0 Å². The van der Waals surface area contributed by atoms with Crippen LogP contribution in [0.25, 0.3) is 11.5 Å². The molecule has 0 aliphatic carbocycles. The van der Waals surface area contributed by atoms with Gasteiger partial charge in [0, 0.05) is 10.5 Å². The first kappa shape index (κ1) is 16.3. The van der Waals surface area contributed by atoms with Crippen LogP contribution in [0.15, 0.2) is 51.8 Å². The van der Waals surface area contributed by atoms with Crippen LogP contribution in [0.2, 0.25) is 0 Å². The standard InChI is InChI=1S/C18H17N3O2S/c1-11-8-9-12(2)14(10-11)16(22)19-18-21-20-17(23-18)13-6-4-5-7-15(13)24-3/h4-10H,1-3H3,(H,19,21,22). The van der Waals surface area contributed by atoms with E-state index >= 15 is 0 Å². The summed E-state index contributed by atoms with van der Waals surface area (Å²) in [5, 5.41) is 10.6. The molecule has 1 heterocycles. The summed E-state index contributed by atoms with van der Waals surface area (Å²) in [5.41, 5.74) is 3.36. The van der Waals surface area contributed by atoms with Crippen molar-refractivity contribution >= 4 is 23.7 Å². The second-order valence-corrected chi connectivity index (χ2v) is 6.23. The SMILES string of the molecule is CSc1ccccc1-c1nnc(NC(=O)c2cc(C)ccc2C)o1. The summed E-state index contributed by atoms with van der Waals surface area (Å²) in [4.78, 5) is 13.4. The summed E-state index contributed by atoms with van der Waals surface area (Å²) >= 11 is 1.60. The summed E-state index contributed by atoms with van der Waals surface area (Å²) in [7, 11) is 0. The van der Waals surface area contributed by atoms with E-state index in [1.54, 1.807) is 11.8 Å². The number of amides is 1. The number of carbonyl (C=O) groups excluding carboxylic acids is 1. The molecule has 1 N–H and O–H groups in total. The maximum absolute atomic E-state index is 12.4. The molecular weight excluding hydrogens is 322 g/mol. The summed E-state index contributed by atoms with van der Waals surface area (Å²) in [6.07, 6.45) is 1.98. The number of hydrogen-bond acceptors (Lipinski definition) is 5. The van der Waals surface area contributed by atoms with Gasteiger partial charge in [-0.05, 0) is 43.9 Å². The molecular formula is C18H17N3O2S. The fraction of sp³-hybridized carbons (Fsp3) is 0.167. The number of aromatic nitrogens is 2. The zero-order valence-electron chi connectivity index (χ0n) is 13.7. The van der Waals surface area contributed by atoms with E-state index < -0.39 is 0 Å². The average Bonchev–Trinajstić information content (AvgIpc) is 3.05. The van der Waals surface area contributed by atoms with Gasteiger partial charge in [-0.2, -0.15) is 0 Å². The molecule has 3 aromatic rings. The zero-order valence-corrected chi connectivity index (χ0v) is 14.5. The van der Waals surface area contributed by atoms with E-state index in [1.165, 1.54) is 0 Å². The largest absolute Gasteiger partial charge is 0.403 e. The molecule has 0 aliphatic heterocycles. The first-order chi connectivity index (χ1) is 11.6. The summed E-state index contributed by atoms with van der Waals surface area (Å²) < 4.78 is 5.61. The summed E-state index contributed by atoms with van der Waals surface area (Å²) in [6.45, 7) is 3.84. The number of anilines is 1. The molecule has 0 fully saturated rings. The molecule has 6 heteroatoms. The number of rotatable bonds is 4. The van der Waals surface area contributed by atoms with Crippen LogP contribution < -0.4 is 5.32 Å². The van der Waals surface area contributed by atoms with Crippen molar-refractivity contribution in [2.24, 2.45) is 0 Å². The molecule has 24 heavy (non-hydrogen) atoms. The second kappa shape index (κ2) is 6.88. The Morgan fingerprint density at radius 2 is 1.92 bits per heavy atom. The minimum absolute atomic E-state index is 0.0896. The maximum Gasteiger partial charge on any atom is 0.322 e. The lowest BCUT2D eigenvalue weighted by atomic mass is 10.1. The molecule has 0 saturated carbocycles. The van der Waals surface area contributed by atoms with E-state index in [4.69, 9.17) is 4.42 Å². The highest BCUT2D eigenvalue weighted by molar-refractivity contribution is 7.98. The molecule has 1 amide bonds. The normalized spacial score (nSPS) is 10.6. The number of nitrogens with one attached hydrogen (secondary N) is 1. The molecule has 0 atom stereocenters. The fourth-order valence-electron chi connectivity index (χ4n) is 2.35. The Bertz CT molecular complexity index is 889. The molecule has 0 aliphatic rings. The molecule has 0 saturated heterocycles. The number of carbonyl (C=O) groups is 1. The van der Waals surface area contributed by atoms with Crippen LogP contribution in [0.4, 0.5) is 6.01 Å². The molecule has 3 rings (SSSR count). The van der Waals surface area contributed by atoms with Crippen molar-refractivity contribution in [1.29, 1.82) is 0 Å². The first-order valence-corrected chi connectivity index (χ1v) is 8.66. The topological polar surface area (TPSA) is 68.0 Å². The number of aryl methyl sites for hydroxylation is 2. The number of nitrogens with zero attached hydrogens (tertiary/aromatic N) is 2. The lowest BCUT2D eigenvalue weighted by Gasteiger charge is -2.05. The third kappa shape index (κ3) is 3.33. The van der Waals surface area contributed by atoms with E-state index in [2.05, 4.69) is 15.5 Å². The van der Waals surface area contributed by atoms with Crippen LogP contribution in [0, 0.1) is 13.8 Å². The van der Waals surface area contributed by atoms with Crippen molar-refractivity contribution in [2.45, 2.75) is 18.7 Å². The Morgan fingerprint density at radius 1 is 1.12 bits per heavy atom. The molecule has 1 aromatic heterocycles. The highest BCUT2D eigenvalue weighted by Gasteiger charge is 2.16. The number of benzene rings is 2. The van der Waals surface area contributed by atoms with Gasteiger partial charge in [0.25, 0.3) is 11.8 Å². The van der Waals surface area contributed by atoms with Crippen molar-refractivity contribution in [3.63, 3.8) is 0 Å². The molecule has 2 aromatic carbocycles. The Labute approximate surface area is 144 Å². The van der Waals surface area contributed by atoms with Crippen LogP contribution in [-0.2, 0) is 0 Å². The van der Waals surface area contributed by atoms with E-state index in [0.29, 0.717) is 11.5 Å². The number of thioether (sulfide) groups is 1. The Kier molecular flexibility index (Phi) is 4.66. The highest BCUT2D eigenvalue weighted by atomic mass is 32.2. The molecule has 0 bridgehead atoms. The smallest absolute Gasteiger partial charge is 0.322 e. The second-order valence-electron chi connectivity index (χ2n) is 5.39. The van der Waals surface area contributed by atoms with E-state index in [-0.39, 0.29) is 11.9 Å². The quantitative estimate of drug-likeness (QED) is 0.717. The molecule has 0 unspecified atom stereocenters. The first-order valence-electron chi connectivity index (χ1n) is 7.44. The van der Waals surface area contributed by atoms with Crippen molar-refractivity contribution in [2.75, 3.05) is 11.6 Å². The van der Waals surface area contributed by atoms with Gasteiger partial charge < -0.3 is 4.42 Å². The van der Waals surface area contributed by atoms with Gasteiger partial charge >= 0.3 is 6.01 Å². The molecule has 122 valence electrons. The van der Waals surface area contributed by atoms with Crippen molar-refractivity contribution < 1.29 is 9.21 Å². The molecule has 5 nitrogen and oxygen atoms in total. The summed E-state index contributed by atoms with van der Waals surface area (Å²) in [6, 6.07) is 13.6. The predicted octanol–water partition coefficient (Wildman–Crippen LogP) is 4.33. The maximum atomic E-state index is 12.4. The van der Waals surface area contributed by atoms with Crippen LogP contribution in [-0.4, -0.2) is 22.4 Å². The van der Waals surface area contributed by atoms with Gasteiger partial charge in [0.15, 0.2) is 0 Å². The Balaban J connectivity index is 1.84. The van der Waals surface area contributed by atoms with Gasteiger partial charge in [-0.25, -0.2) is 0 Å². The van der Waals surface area contributed by atoms with Gasteiger partial charge in [0.1, 0.15) is 0 Å². The summed E-state index contributed by atoms with van der Waals surface area (Å²) in [5.74, 6) is 0.126. The van der Waals surface area contributed by atoms with Crippen molar-refractivity contribution in [1.82, 2.24) is 10.2 Å². The van der Waals surface area contributed by atoms with E-state index in [0.717, 1.165) is 21.6 Å². The Hall–Kier alpha value is -2.60. The van der Waals surface area contributed by atoms with E-state index in [1.807, 2.05) is 62.6 Å². The van der Waals surface area contributed by atoms with Crippen LogP contribution in [0.1, 0.15) is 21.5 Å².